The van der Waals surface area contributed by atoms with Crippen LogP contribution in [0.4, 0.5) is 5.69 Å². The van der Waals surface area contributed by atoms with Gasteiger partial charge in [-0.3, -0.25) is 9.71 Å². The first kappa shape index (κ1) is 15.8. The van der Waals surface area contributed by atoms with Crippen molar-refractivity contribution in [3.8, 4) is 0 Å². The molecule has 1 heterocycles. The number of nitrogens with one attached hydrogen (secondary N) is 1. The van der Waals surface area contributed by atoms with E-state index in [1.165, 1.54) is 18.5 Å². The summed E-state index contributed by atoms with van der Waals surface area (Å²) in [6.07, 6.45) is 3.95. The van der Waals surface area contributed by atoms with Crippen LogP contribution in [0, 0.1) is 0 Å². The maximum absolute atomic E-state index is 12.3. The van der Waals surface area contributed by atoms with E-state index in [4.69, 9.17) is 16.7 Å². The third-order valence-corrected chi connectivity index (χ3v) is 4.68. The van der Waals surface area contributed by atoms with Crippen molar-refractivity contribution in [3.63, 3.8) is 0 Å². The number of hydrogen-bond acceptors (Lipinski definition) is 4. The Labute approximate surface area is 128 Å². The number of sulfonamides is 1. The summed E-state index contributed by atoms with van der Waals surface area (Å²) in [5, 5.41) is 8.95. The van der Waals surface area contributed by atoms with Gasteiger partial charge in [0.2, 0.25) is 0 Å². The van der Waals surface area contributed by atoms with Crippen LogP contribution in [0.5, 0.6) is 0 Å². The molecular formula is C14H15ClN2O3S. The summed E-state index contributed by atoms with van der Waals surface area (Å²) in [6, 6.07) is 8.45. The fraction of sp³-hybridized carbons (Fsp3) is 0.214. The molecule has 0 fully saturated rings. The molecule has 0 radical (unpaired) electrons. The van der Waals surface area contributed by atoms with E-state index >= 15 is 0 Å². The molecule has 2 N–H and O–H groups in total. The Kier molecular flexibility index (Phi) is 5.17. The molecule has 0 atom stereocenters. The summed E-state index contributed by atoms with van der Waals surface area (Å²) in [6.45, 7) is 0.0985. The van der Waals surface area contributed by atoms with Gasteiger partial charge in [0.25, 0.3) is 10.0 Å². The highest BCUT2D eigenvalue weighted by atomic mass is 35.5. The third-order valence-electron chi connectivity index (χ3n) is 2.83. The molecular weight excluding hydrogens is 312 g/mol. The molecule has 112 valence electrons. The summed E-state index contributed by atoms with van der Waals surface area (Å²) in [5.74, 6) is 0. The Hall–Kier alpha value is -1.63. The number of aliphatic hydroxyl groups is 1. The fourth-order valence-electron chi connectivity index (χ4n) is 1.84. The minimum absolute atomic E-state index is 0.0626. The van der Waals surface area contributed by atoms with Gasteiger partial charge in [-0.15, -0.1) is 0 Å². The average molecular weight is 327 g/mol. The topological polar surface area (TPSA) is 79.3 Å². The SMILES string of the molecule is O=S(=O)(Nc1cccc(CCCO)c1)c1cnccc1Cl. The third kappa shape index (κ3) is 4.17. The minimum Gasteiger partial charge on any atom is -0.396 e. The largest absolute Gasteiger partial charge is 0.396 e. The van der Waals surface area contributed by atoms with Crippen LogP contribution in [0.3, 0.4) is 0 Å². The van der Waals surface area contributed by atoms with Crippen molar-refractivity contribution in [1.29, 1.82) is 0 Å². The molecule has 0 unspecified atom stereocenters. The zero-order valence-electron chi connectivity index (χ0n) is 11.2. The number of pyridine rings is 1. The second-order valence-electron chi connectivity index (χ2n) is 4.44. The molecule has 7 heteroatoms. The number of anilines is 1. The first-order valence-electron chi connectivity index (χ1n) is 6.35. The summed E-state index contributed by atoms with van der Waals surface area (Å²) >= 11 is 5.89. The molecule has 1 aromatic carbocycles. The lowest BCUT2D eigenvalue weighted by Crippen LogP contribution is -2.13. The van der Waals surface area contributed by atoms with Gasteiger partial charge in [0.1, 0.15) is 4.90 Å². The summed E-state index contributed by atoms with van der Waals surface area (Å²) in [5.41, 5.74) is 1.40. The van der Waals surface area contributed by atoms with Gasteiger partial charge in [-0.05, 0) is 36.6 Å². The molecule has 0 aliphatic rings. The van der Waals surface area contributed by atoms with E-state index in [1.807, 2.05) is 6.07 Å². The van der Waals surface area contributed by atoms with Gasteiger partial charge in [-0.2, -0.15) is 0 Å². The molecule has 2 aromatic rings. The lowest BCUT2D eigenvalue weighted by atomic mass is 10.1. The van der Waals surface area contributed by atoms with Crippen LogP contribution in [-0.2, 0) is 16.4 Å². The van der Waals surface area contributed by atoms with Gasteiger partial charge in [0.05, 0.1) is 5.02 Å². The van der Waals surface area contributed by atoms with Crippen molar-refractivity contribution in [2.45, 2.75) is 17.7 Å². The zero-order chi connectivity index (χ0) is 15.3. The van der Waals surface area contributed by atoms with Crippen molar-refractivity contribution in [1.82, 2.24) is 4.98 Å². The summed E-state index contributed by atoms with van der Waals surface area (Å²) < 4.78 is 27.0. The molecule has 21 heavy (non-hydrogen) atoms. The van der Waals surface area contributed by atoms with Crippen LogP contribution < -0.4 is 4.72 Å². The Bertz CT molecular complexity index is 720. The predicted octanol–water partition coefficient (Wildman–Crippen LogP) is 2.46. The van der Waals surface area contributed by atoms with Crippen LogP contribution in [0.15, 0.2) is 47.6 Å². The van der Waals surface area contributed by atoms with Gasteiger partial charge in [-0.1, -0.05) is 23.7 Å². The standard InChI is InChI=1S/C14H15ClN2O3S/c15-13-6-7-16-10-14(13)21(19,20)17-12-5-1-3-11(9-12)4-2-8-18/h1,3,5-7,9-10,17-18H,2,4,8H2. The van der Waals surface area contributed by atoms with Gasteiger partial charge in [0.15, 0.2) is 0 Å². The summed E-state index contributed by atoms with van der Waals surface area (Å²) in [7, 11) is -3.78. The number of nitrogens with zero attached hydrogens (tertiary/aromatic N) is 1. The molecule has 0 spiro atoms. The van der Waals surface area contributed by atoms with E-state index in [-0.39, 0.29) is 16.5 Å². The number of aryl methyl sites for hydroxylation is 1. The monoisotopic (exact) mass is 326 g/mol. The van der Waals surface area contributed by atoms with Crippen molar-refractivity contribution in [2.75, 3.05) is 11.3 Å². The molecule has 5 nitrogen and oxygen atoms in total. The fourth-order valence-corrected chi connectivity index (χ4v) is 3.33. The Morgan fingerprint density at radius 3 is 2.81 bits per heavy atom. The predicted molar refractivity (Wildman–Crippen MR) is 81.9 cm³/mol. The normalized spacial score (nSPS) is 11.3. The molecule has 0 saturated heterocycles. The second kappa shape index (κ2) is 6.89. The Morgan fingerprint density at radius 1 is 1.29 bits per heavy atom. The van der Waals surface area contributed by atoms with Crippen LogP contribution in [0.25, 0.3) is 0 Å². The number of benzene rings is 1. The maximum atomic E-state index is 12.3. The lowest BCUT2D eigenvalue weighted by molar-refractivity contribution is 0.288. The van der Waals surface area contributed by atoms with E-state index in [0.29, 0.717) is 18.5 Å². The molecule has 0 bridgehead atoms. The first-order valence-corrected chi connectivity index (χ1v) is 8.21. The Balaban J connectivity index is 2.23. The molecule has 0 aliphatic carbocycles. The van der Waals surface area contributed by atoms with Crippen molar-refractivity contribution in [3.05, 3.63) is 53.3 Å². The number of aromatic nitrogens is 1. The highest BCUT2D eigenvalue weighted by Crippen LogP contribution is 2.23. The second-order valence-corrected chi connectivity index (χ2v) is 6.50. The molecule has 1 aromatic heterocycles. The van der Waals surface area contributed by atoms with Crippen LogP contribution in [-0.4, -0.2) is 25.1 Å². The Morgan fingerprint density at radius 2 is 2.10 bits per heavy atom. The maximum Gasteiger partial charge on any atom is 0.264 e. The van der Waals surface area contributed by atoms with E-state index < -0.39 is 10.0 Å². The van der Waals surface area contributed by atoms with Crippen LogP contribution in [0.2, 0.25) is 5.02 Å². The van der Waals surface area contributed by atoms with Gasteiger partial charge in [-0.25, -0.2) is 8.42 Å². The van der Waals surface area contributed by atoms with E-state index in [9.17, 15) is 8.42 Å². The van der Waals surface area contributed by atoms with E-state index in [2.05, 4.69) is 9.71 Å². The number of aliphatic hydroxyl groups excluding tert-OH is 1. The van der Waals surface area contributed by atoms with Crippen LogP contribution in [0.1, 0.15) is 12.0 Å². The number of hydrogen-bond donors (Lipinski definition) is 2. The molecule has 2 rings (SSSR count). The average Bonchev–Trinajstić information content (AvgIpc) is 2.45. The van der Waals surface area contributed by atoms with Crippen LogP contribution >= 0.6 is 11.6 Å². The highest BCUT2D eigenvalue weighted by Gasteiger charge is 2.18. The van der Waals surface area contributed by atoms with Crippen molar-refractivity contribution < 1.29 is 13.5 Å². The molecule has 0 aliphatic heterocycles. The minimum atomic E-state index is -3.78. The smallest absolute Gasteiger partial charge is 0.264 e. The zero-order valence-corrected chi connectivity index (χ0v) is 12.7. The number of halogens is 1. The molecule has 0 saturated carbocycles. The van der Waals surface area contributed by atoms with E-state index in [0.717, 1.165) is 5.56 Å². The highest BCUT2D eigenvalue weighted by molar-refractivity contribution is 7.92. The van der Waals surface area contributed by atoms with Gasteiger partial charge < -0.3 is 5.11 Å². The van der Waals surface area contributed by atoms with E-state index in [1.54, 1.807) is 18.2 Å². The number of rotatable bonds is 6. The van der Waals surface area contributed by atoms with Gasteiger partial charge in [0, 0.05) is 24.7 Å². The van der Waals surface area contributed by atoms with Crippen molar-refractivity contribution >= 4 is 27.3 Å². The van der Waals surface area contributed by atoms with Gasteiger partial charge >= 0.3 is 0 Å². The quantitative estimate of drug-likeness (QED) is 0.854. The molecule has 0 amide bonds. The first-order chi connectivity index (χ1) is 10.0. The summed E-state index contributed by atoms with van der Waals surface area (Å²) in [4.78, 5) is 3.72. The van der Waals surface area contributed by atoms with Crippen molar-refractivity contribution in [2.24, 2.45) is 0 Å². The lowest BCUT2D eigenvalue weighted by Gasteiger charge is -2.10.